The molecule has 2 heterocycles. The van der Waals surface area contributed by atoms with Crippen LogP contribution in [0, 0.1) is 5.82 Å². The number of methoxy groups -OCH3 is 1. The second kappa shape index (κ2) is 16.7. The minimum atomic E-state index is -3.63. The fourth-order valence-electron chi connectivity index (χ4n) is 10.5. The first-order chi connectivity index (χ1) is 33.1. The SMILES string of the molecule is COc1ccc(N(c2ccc3c(c2)c2ccccc2n3-c2ccc(F)cc2)c2ccc3c(c2)c2c[c]([Ge]([c]4ccccc4)([c]4ccccc4)[c]4ccccc4)ccc2n3-c2ccccc2)cc1. The van der Waals surface area contributed by atoms with E-state index in [0.717, 1.165) is 72.4 Å². The van der Waals surface area contributed by atoms with Gasteiger partial charge in [-0.05, 0) is 30.3 Å². The van der Waals surface area contributed by atoms with E-state index >= 15 is 0 Å². The Balaban J connectivity index is 1.13. The van der Waals surface area contributed by atoms with E-state index in [-0.39, 0.29) is 5.82 Å². The maximum atomic E-state index is 14.2. The van der Waals surface area contributed by atoms with Crippen molar-refractivity contribution >= 4 is 91.5 Å². The molecule has 0 N–H and O–H groups in total. The Bertz CT molecular complexity index is 3630. The molecule has 0 radical (unpaired) electrons. The number of aromatic nitrogens is 2. The number of fused-ring (bicyclic) bond motifs is 6. The third-order valence-corrected chi connectivity index (χ3v) is 23.4. The molecule has 0 spiro atoms. The van der Waals surface area contributed by atoms with Crippen molar-refractivity contribution in [1.29, 1.82) is 0 Å². The first kappa shape index (κ1) is 40.4. The van der Waals surface area contributed by atoms with Gasteiger partial charge in [-0.3, -0.25) is 0 Å². The molecule has 12 aromatic rings. The molecule has 67 heavy (non-hydrogen) atoms. The van der Waals surface area contributed by atoms with Crippen molar-refractivity contribution in [1.82, 2.24) is 9.13 Å². The van der Waals surface area contributed by atoms with Gasteiger partial charge >= 0.3 is 328 Å². The monoisotopic (exact) mass is 927 g/mol. The molecule has 0 atom stereocenters. The van der Waals surface area contributed by atoms with Gasteiger partial charge in [-0.25, -0.2) is 4.39 Å². The van der Waals surface area contributed by atoms with Crippen molar-refractivity contribution in [2.75, 3.05) is 12.0 Å². The molecule has 0 aliphatic carbocycles. The predicted molar refractivity (Wildman–Crippen MR) is 280 cm³/mol. The van der Waals surface area contributed by atoms with E-state index < -0.39 is 13.3 Å². The Labute approximate surface area is 391 Å². The van der Waals surface area contributed by atoms with Crippen LogP contribution in [0.15, 0.2) is 249 Å². The first-order valence-corrected chi connectivity index (χ1v) is 26.8. The summed E-state index contributed by atoms with van der Waals surface area (Å²) in [5.74, 6) is 0.535. The zero-order valence-electron chi connectivity index (χ0n) is 36.8. The van der Waals surface area contributed by atoms with Crippen LogP contribution in [-0.2, 0) is 0 Å². The molecule has 0 unspecified atom stereocenters. The fourth-order valence-corrected chi connectivity index (χ4v) is 20.5. The van der Waals surface area contributed by atoms with Crippen LogP contribution in [0.3, 0.4) is 0 Å². The number of hydrogen-bond donors (Lipinski definition) is 0. The second-order valence-corrected chi connectivity index (χ2v) is 25.0. The zero-order chi connectivity index (χ0) is 44.9. The van der Waals surface area contributed by atoms with E-state index in [2.05, 4.69) is 226 Å². The Morgan fingerprint density at radius 2 is 0.776 bits per heavy atom. The van der Waals surface area contributed by atoms with Gasteiger partial charge in [0, 0.05) is 5.69 Å². The van der Waals surface area contributed by atoms with Gasteiger partial charge in [0.1, 0.15) is 5.82 Å². The molecule has 12 rings (SSSR count). The second-order valence-electron chi connectivity index (χ2n) is 17.0. The van der Waals surface area contributed by atoms with Crippen LogP contribution >= 0.6 is 0 Å². The van der Waals surface area contributed by atoms with Gasteiger partial charge in [0.15, 0.2) is 0 Å². The summed E-state index contributed by atoms with van der Waals surface area (Å²) in [5, 5.41) is 4.59. The van der Waals surface area contributed by atoms with E-state index in [0.29, 0.717) is 0 Å². The molecule has 0 aliphatic heterocycles. The average Bonchev–Trinajstić information content (AvgIpc) is 3.90. The molecule has 6 heteroatoms. The topological polar surface area (TPSA) is 22.3 Å². The first-order valence-electron chi connectivity index (χ1n) is 22.6. The summed E-state index contributed by atoms with van der Waals surface area (Å²) in [4.78, 5) is 2.35. The molecule has 0 aliphatic rings. The molecule has 0 saturated carbocycles. The van der Waals surface area contributed by atoms with Gasteiger partial charge in [0.2, 0.25) is 0 Å². The van der Waals surface area contributed by atoms with E-state index in [4.69, 9.17) is 4.74 Å². The van der Waals surface area contributed by atoms with Crippen LogP contribution in [0.4, 0.5) is 21.5 Å². The quantitative estimate of drug-likeness (QED) is 0.128. The molecule has 2 aromatic heterocycles. The summed E-state index contributed by atoms with van der Waals surface area (Å²) in [5.41, 5.74) is 9.45. The number of rotatable bonds is 10. The molecule has 10 aromatic carbocycles. The van der Waals surface area contributed by atoms with Crippen LogP contribution < -0.4 is 27.2 Å². The Morgan fingerprint density at radius 1 is 0.358 bits per heavy atom. The number of para-hydroxylation sites is 2. The molecule has 0 bridgehead atoms. The normalized spacial score (nSPS) is 11.7. The number of ether oxygens (including phenoxy) is 1. The Kier molecular flexibility index (Phi) is 10.1. The van der Waals surface area contributed by atoms with Gasteiger partial charge in [-0.15, -0.1) is 0 Å². The van der Waals surface area contributed by atoms with E-state index in [1.807, 2.05) is 24.3 Å². The van der Waals surface area contributed by atoms with Crippen LogP contribution in [-0.4, -0.2) is 29.5 Å². The molecule has 0 amide bonds. The van der Waals surface area contributed by atoms with Crippen molar-refractivity contribution in [3.05, 3.63) is 255 Å². The molecular formula is C61H44FGeN3O. The van der Waals surface area contributed by atoms with Crippen molar-refractivity contribution in [2.24, 2.45) is 0 Å². The third-order valence-electron chi connectivity index (χ3n) is 13.4. The fraction of sp³-hybridized carbons (Fsp3) is 0.0164. The van der Waals surface area contributed by atoms with Gasteiger partial charge < -0.3 is 0 Å². The summed E-state index contributed by atoms with van der Waals surface area (Å²) < 4.78 is 30.0. The molecular weight excluding hydrogens is 882 g/mol. The van der Waals surface area contributed by atoms with Crippen LogP contribution in [0.25, 0.3) is 55.0 Å². The van der Waals surface area contributed by atoms with Gasteiger partial charge in [-0.2, -0.15) is 0 Å². The molecule has 0 fully saturated rings. The number of anilines is 3. The van der Waals surface area contributed by atoms with Gasteiger partial charge in [0.05, 0.1) is 7.11 Å². The summed E-state index contributed by atoms with van der Waals surface area (Å²) in [6, 6.07) is 88.7. The minimum absolute atomic E-state index is 0.257. The molecule has 320 valence electrons. The third kappa shape index (κ3) is 6.73. The average molecular weight is 927 g/mol. The summed E-state index contributed by atoms with van der Waals surface area (Å²) >= 11 is -3.63. The number of nitrogens with zero attached hydrogens (tertiary/aromatic N) is 3. The van der Waals surface area contributed by atoms with Crippen molar-refractivity contribution in [3.63, 3.8) is 0 Å². The number of benzene rings is 10. The van der Waals surface area contributed by atoms with Crippen molar-refractivity contribution in [2.45, 2.75) is 0 Å². The Morgan fingerprint density at radius 3 is 1.31 bits per heavy atom. The van der Waals surface area contributed by atoms with E-state index in [9.17, 15) is 4.39 Å². The maximum absolute atomic E-state index is 14.2. The van der Waals surface area contributed by atoms with Crippen LogP contribution in [0.5, 0.6) is 5.75 Å². The zero-order valence-corrected chi connectivity index (χ0v) is 38.9. The number of halogens is 1. The summed E-state index contributed by atoms with van der Waals surface area (Å²) in [7, 11) is 1.70. The summed E-state index contributed by atoms with van der Waals surface area (Å²) in [6.07, 6.45) is 0. The van der Waals surface area contributed by atoms with E-state index in [1.165, 1.54) is 35.1 Å². The van der Waals surface area contributed by atoms with Gasteiger partial charge in [0.25, 0.3) is 0 Å². The van der Waals surface area contributed by atoms with Crippen LogP contribution in [0.2, 0.25) is 0 Å². The van der Waals surface area contributed by atoms with Crippen LogP contribution in [0.1, 0.15) is 0 Å². The molecule has 0 saturated heterocycles. The van der Waals surface area contributed by atoms with Gasteiger partial charge in [-0.1, -0.05) is 12.1 Å². The van der Waals surface area contributed by atoms with Crippen molar-refractivity contribution in [3.8, 4) is 17.1 Å². The molecule has 4 nitrogen and oxygen atoms in total. The van der Waals surface area contributed by atoms with E-state index in [1.54, 1.807) is 7.11 Å². The van der Waals surface area contributed by atoms with Crippen molar-refractivity contribution < 1.29 is 9.13 Å². The number of hydrogen-bond acceptors (Lipinski definition) is 2. The Hall–Kier alpha value is -8.13. The summed E-state index contributed by atoms with van der Waals surface area (Å²) in [6.45, 7) is 0. The predicted octanol–water partition coefficient (Wildman–Crippen LogP) is 12.9. The standard InChI is InChI=1S/C61H44FGeN3O/c1-67-53-35-31-49(32-36-53)64(51-33-38-60-56(41-51)54-24-14-15-25-58(54)66(60)50-29-26-43(62)27-30-50)52-34-39-61-57(42-52)55-40-47(28-37-59(55)65(61)48-22-12-5-13-23-48)63(44-16-6-2-7-17-44,45-18-8-3-9-19-45)46-20-10-4-11-21-46/h2-42H,1H3.